The molecule has 2 aromatic carbocycles. The Labute approximate surface area is 208 Å². The van der Waals surface area contributed by atoms with Gasteiger partial charge in [-0.05, 0) is 72.2 Å². The molecule has 168 valence electrons. The summed E-state index contributed by atoms with van der Waals surface area (Å²) in [7, 11) is 0. The number of hydrogen-bond donors (Lipinski definition) is 2. The number of amides is 2. The predicted octanol–water partition coefficient (Wildman–Crippen LogP) is 5.59. The van der Waals surface area contributed by atoms with Gasteiger partial charge in [0.05, 0.1) is 16.8 Å². The first kappa shape index (κ1) is 24.6. The minimum Gasteiger partial charge on any atom is -0.342 e. The van der Waals surface area contributed by atoms with Crippen LogP contribution in [0.15, 0.2) is 52.1 Å². The highest BCUT2D eigenvalue weighted by atomic mass is 79.9. The van der Waals surface area contributed by atoms with Gasteiger partial charge in [-0.25, -0.2) is 0 Å². The number of anilines is 1. The van der Waals surface area contributed by atoms with Crippen LogP contribution >= 0.6 is 50.9 Å². The fraction of sp³-hybridized carbons (Fsp3) is 0.238. The molecule has 32 heavy (non-hydrogen) atoms. The van der Waals surface area contributed by atoms with Crippen LogP contribution in [-0.2, 0) is 11.3 Å². The van der Waals surface area contributed by atoms with Crippen molar-refractivity contribution >= 4 is 68.4 Å². The van der Waals surface area contributed by atoms with Gasteiger partial charge in [-0.2, -0.15) is 0 Å². The van der Waals surface area contributed by atoms with E-state index in [0.29, 0.717) is 38.8 Å². The third-order valence-electron chi connectivity index (χ3n) is 4.44. The summed E-state index contributed by atoms with van der Waals surface area (Å²) < 4.78 is 2.63. The summed E-state index contributed by atoms with van der Waals surface area (Å²) in [4.78, 5) is 24.8. The Morgan fingerprint density at radius 2 is 1.88 bits per heavy atom. The second-order valence-electron chi connectivity index (χ2n) is 6.75. The number of aromatic nitrogens is 3. The fourth-order valence-corrected chi connectivity index (χ4v) is 4.23. The van der Waals surface area contributed by atoms with Gasteiger partial charge in [-0.1, -0.05) is 35.0 Å². The van der Waals surface area contributed by atoms with Crippen molar-refractivity contribution in [3.8, 4) is 0 Å². The number of carbonyl (C=O) groups is 2. The lowest BCUT2D eigenvalue weighted by Gasteiger charge is -2.15. The van der Waals surface area contributed by atoms with E-state index in [2.05, 4.69) is 36.8 Å². The third-order valence-corrected chi connectivity index (χ3v) is 6.89. The highest BCUT2D eigenvalue weighted by Crippen LogP contribution is 2.26. The Morgan fingerprint density at radius 1 is 1.16 bits per heavy atom. The van der Waals surface area contributed by atoms with Crippen LogP contribution in [0.4, 0.5) is 5.69 Å². The van der Waals surface area contributed by atoms with E-state index in [1.807, 2.05) is 18.4 Å². The smallest absolute Gasteiger partial charge is 0.251 e. The van der Waals surface area contributed by atoms with Crippen molar-refractivity contribution in [2.45, 2.75) is 31.6 Å². The number of thioether (sulfide) groups is 1. The lowest BCUT2D eigenvalue weighted by molar-refractivity contribution is -0.113. The zero-order valence-corrected chi connectivity index (χ0v) is 21.1. The van der Waals surface area contributed by atoms with Crippen LogP contribution in [0.3, 0.4) is 0 Å². The number of nitrogens with one attached hydrogen (secondary N) is 2. The average molecular weight is 557 g/mol. The van der Waals surface area contributed by atoms with Crippen LogP contribution in [0.1, 0.15) is 36.1 Å². The summed E-state index contributed by atoms with van der Waals surface area (Å²) in [6.07, 6.45) is 0. The van der Waals surface area contributed by atoms with Crippen molar-refractivity contribution in [3.63, 3.8) is 0 Å². The molecule has 1 aromatic heterocycles. The number of benzene rings is 2. The number of halogens is 3. The van der Waals surface area contributed by atoms with Crippen molar-refractivity contribution in [2.24, 2.45) is 0 Å². The van der Waals surface area contributed by atoms with E-state index in [-0.39, 0.29) is 23.6 Å². The van der Waals surface area contributed by atoms with E-state index in [9.17, 15) is 9.59 Å². The monoisotopic (exact) mass is 555 g/mol. The van der Waals surface area contributed by atoms with Crippen LogP contribution in [0.5, 0.6) is 0 Å². The lowest BCUT2D eigenvalue weighted by atomic mass is 10.2. The Kier molecular flexibility index (Phi) is 8.58. The van der Waals surface area contributed by atoms with Gasteiger partial charge in [0.2, 0.25) is 5.91 Å². The van der Waals surface area contributed by atoms with E-state index < -0.39 is 0 Å². The van der Waals surface area contributed by atoms with Crippen molar-refractivity contribution in [2.75, 3.05) is 11.1 Å². The van der Waals surface area contributed by atoms with Crippen LogP contribution in [-0.4, -0.2) is 32.3 Å². The molecule has 0 saturated carbocycles. The molecule has 0 aliphatic rings. The summed E-state index contributed by atoms with van der Waals surface area (Å²) in [5.74, 6) is 0.334. The number of nitrogens with zero attached hydrogens (tertiary/aromatic N) is 3. The summed E-state index contributed by atoms with van der Waals surface area (Å²) in [5, 5.41) is 15.8. The van der Waals surface area contributed by atoms with Gasteiger partial charge in [0, 0.05) is 27.3 Å². The number of carbonyl (C=O) groups excluding carboxylic acids is 2. The van der Waals surface area contributed by atoms with Crippen LogP contribution in [0, 0.1) is 0 Å². The Bertz CT molecular complexity index is 1120. The summed E-state index contributed by atoms with van der Waals surface area (Å²) in [6, 6.07) is 11.5. The van der Waals surface area contributed by atoms with Gasteiger partial charge in [0.1, 0.15) is 0 Å². The molecule has 0 spiro atoms. The van der Waals surface area contributed by atoms with Crippen molar-refractivity contribution < 1.29 is 9.59 Å². The van der Waals surface area contributed by atoms with Gasteiger partial charge < -0.3 is 15.2 Å². The van der Waals surface area contributed by atoms with Crippen LogP contribution in [0.2, 0.25) is 10.0 Å². The van der Waals surface area contributed by atoms with Crippen molar-refractivity contribution in [1.29, 1.82) is 0 Å². The second-order valence-corrected chi connectivity index (χ2v) is 9.39. The Balaban J connectivity index is 1.62. The maximum absolute atomic E-state index is 12.5. The maximum Gasteiger partial charge on any atom is 0.251 e. The molecule has 2 amide bonds. The van der Waals surface area contributed by atoms with Crippen LogP contribution < -0.4 is 10.6 Å². The van der Waals surface area contributed by atoms with E-state index in [4.69, 9.17) is 23.2 Å². The molecule has 3 aromatic rings. The average Bonchev–Trinajstić information content (AvgIpc) is 3.18. The molecule has 0 aliphatic carbocycles. The minimum atomic E-state index is -0.376. The first-order valence-corrected chi connectivity index (χ1v) is 12.2. The largest absolute Gasteiger partial charge is 0.342 e. The molecular formula is C21H20BrCl2N5O2S. The zero-order chi connectivity index (χ0) is 23.3. The Morgan fingerprint density at radius 3 is 2.53 bits per heavy atom. The number of rotatable bonds is 8. The molecule has 0 saturated heterocycles. The second kappa shape index (κ2) is 11.2. The molecule has 0 fully saturated rings. The fourth-order valence-electron chi connectivity index (χ4n) is 2.87. The summed E-state index contributed by atoms with van der Waals surface area (Å²) >= 11 is 16.5. The molecule has 0 bridgehead atoms. The molecule has 0 radical (unpaired) electrons. The molecule has 1 atom stereocenters. The molecule has 1 heterocycles. The van der Waals surface area contributed by atoms with Gasteiger partial charge in [-0.3, -0.25) is 9.59 Å². The highest BCUT2D eigenvalue weighted by Gasteiger charge is 2.20. The topological polar surface area (TPSA) is 88.9 Å². The molecular weight excluding hydrogens is 537 g/mol. The molecule has 0 unspecified atom stereocenters. The van der Waals surface area contributed by atoms with E-state index in [1.54, 1.807) is 42.5 Å². The van der Waals surface area contributed by atoms with Crippen molar-refractivity contribution in [3.05, 3.63) is 68.4 Å². The first-order valence-electron chi connectivity index (χ1n) is 9.65. The summed E-state index contributed by atoms with van der Waals surface area (Å²) in [6.45, 7) is 4.38. The molecule has 2 N–H and O–H groups in total. The third kappa shape index (κ3) is 6.25. The molecule has 0 aliphatic heterocycles. The number of hydrogen-bond acceptors (Lipinski definition) is 5. The van der Waals surface area contributed by atoms with Gasteiger partial charge in [0.25, 0.3) is 5.91 Å². The first-order chi connectivity index (χ1) is 15.3. The molecule has 7 nitrogen and oxygen atoms in total. The van der Waals surface area contributed by atoms with Gasteiger partial charge in [-0.15, -0.1) is 10.2 Å². The molecule has 3 rings (SSSR count). The van der Waals surface area contributed by atoms with E-state index in [0.717, 1.165) is 4.47 Å². The quantitative estimate of drug-likeness (QED) is 0.353. The van der Waals surface area contributed by atoms with Gasteiger partial charge >= 0.3 is 0 Å². The Hall–Kier alpha value is -2.07. The lowest BCUT2D eigenvalue weighted by Crippen LogP contribution is -2.28. The highest BCUT2D eigenvalue weighted by molar-refractivity contribution is 9.10. The maximum atomic E-state index is 12.5. The van der Waals surface area contributed by atoms with E-state index in [1.165, 1.54) is 11.8 Å². The van der Waals surface area contributed by atoms with Crippen molar-refractivity contribution in [1.82, 2.24) is 20.1 Å². The molecule has 11 heteroatoms. The summed E-state index contributed by atoms with van der Waals surface area (Å²) in [5.41, 5.74) is 1.11. The predicted molar refractivity (Wildman–Crippen MR) is 132 cm³/mol. The SMILES string of the molecule is CCn1c(SCC(=O)Nc2ccc(Br)c(Cl)c2)nnc1[C@@H](C)NC(=O)c1ccc(Cl)cc1. The normalized spacial score (nSPS) is 11.8. The zero-order valence-electron chi connectivity index (χ0n) is 17.2. The van der Waals surface area contributed by atoms with Gasteiger partial charge in [0.15, 0.2) is 11.0 Å². The standard InChI is InChI=1S/C21H20BrCl2N5O2S/c1-3-29-19(12(2)25-20(31)13-4-6-14(23)7-5-13)27-28-21(29)32-11-18(30)26-15-8-9-16(22)17(24)10-15/h4-10,12H,3,11H2,1-2H3,(H,25,31)(H,26,30)/t12-/m1/s1. The van der Waals surface area contributed by atoms with E-state index >= 15 is 0 Å². The minimum absolute atomic E-state index is 0.150. The van der Waals surface area contributed by atoms with Crippen LogP contribution in [0.25, 0.3) is 0 Å².